The van der Waals surface area contributed by atoms with Crippen molar-refractivity contribution in [2.75, 3.05) is 0 Å². The fourth-order valence-corrected chi connectivity index (χ4v) is 5.92. The van der Waals surface area contributed by atoms with Crippen LogP contribution in [0.25, 0.3) is 88.0 Å². The standard InChI is InChI=1S/C44H28O/c1-3-11-29(12-4-1)31-19-21-32(22-20-31)43-37-15-7-9-17-39(37)44(40-18-10-8-16-38(40)43)34-24-26-36-35-25-23-33(30-13-5-2-6-14-30)27-41(35)45-42(36)28-34/h1-28H/i1D,2D,3D,4D,5D,6D,11D,12D,13D,14D,23D,24D,25D,26D,27D,28D. The zero-order chi connectivity index (χ0) is 43.7. The first-order chi connectivity index (χ1) is 29.0. The summed E-state index contributed by atoms with van der Waals surface area (Å²) in [6, 6.07) is 13.4. The van der Waals surface area contributed by atoms with Crippen molar-refractivity contribution < 1.29 is 26.3 Å². The summed E-state index contributed by atoms with van der Waals surface area (Å²) in [4.78, 5) is 0. The van der Waals surface area contributed by atoms with Crippen LogP contribution in [-0.2, 0) is 0 Å². The van der Waals surface area contributed by atoms with Crippen molar-refractivity contribution in [1.29, 1.82) is 0 Å². The van der Waals surface area contributed by atoms with Crippen LogP contribution in [0.4, 0.5) is 0 Å². The van der Waals surface area contributed by atoms with Crippen LogP contribution < -0.4 is 0 Å². The Hall–Kier alpha value is -5.92. The highest BCUT2D eigenvalue weighted by Crippen LogP contribution is 2.45. The Balaban J connectivity index is 1.31. The quantitative estimate of drug-likeness (QED) is 0.186. The monoisotopic (exact) mass is 588 g/mol. The molecule has 210 valence electrons. The lowest BCUT2D eigenvalue weighted by molar-refractivity contribution is 0.669. The molecular formula is C44H28O. The summed E-state index contributed by atoms with van der Waals surface area (Å²) in [6.07, 6.45) is 0. The highest BCUT2D eigenvalue weighted by atomic mass is 16.3. The maximum atomic E-state index is 9.59. The summed E-state index contributed by atoms with van der Waals surface area (Å²) in [5, 5.41) is 2.33. The smallest absolute Gasteiger partial charge is 0.136 e. The van der Waals surface area contributed by atoms with E-state index in [2.05, 4.69) is 0 Å². The van der Waals surface area contributed by atoms with E-state index in [-0.39, 0.29) is 57.2 Å². The van der Waals surface area contributed by atoms with E-state index in [1.54, 1.807) is 36.4 Å². The van der Waals surface area contributed by atoms with Crippen molar-refractivity contribution in [2.45, 2.75) is 0 Å². The molecular weight excluding hydrogens is 544 g/mol. The number of hydrogen-bond acceptors (Lipinski definition) is 1. The Morgan fingerprint density at radius 3 is 1.29 bits per heavy atom. The fraction of sp³-hybridized carbons (Fsp3) is 0. The van der Waals surface area contributed by atoms with Gasteiger partial charge in [-0.05, 0) is 90.2 Å². The number of benzene rings is 8. The van der Waals surface area contributed by atoms with E-state index in [9.17, 15) is 4.11 Å². The molecule has 1 nitrogen and oxygen atoms in total. The molecule has 1 heterocycles. The molecule has 9 rings (SSSR count). The van der Waals surface area contributed by atoms with Crippen LogP contribution in [0.5, 0.6) is 0 Å². The summed E-state index contributed by atoms with van der Waals surface area (Å²) in [5.74, 6) is 0. The van der Waals surface area contributed by atoms with E-state index in [4.69, 9.17) is 22.2 Å². The third-order valence-corrected chi connectivity index (χ3v) is 7.90. The normalized spacial score (nSPS) is 16.5. The molecule has 1 heteroatoms. The van der Waals surface area contributed by atoms with Gasteiger partial charge in [0.2, 0.25) is 0 Å². The van der Waals surface area contributed by atoms with Gasteiger partial charge in [-0.2, -0.15) is 0 Å². The minimum Gasteiger partial charge on any atom is -0.456 e. The van der Waals surface area contributed by atoms with Crippen molar-refractivity contribution in [2.24, 2.45) is 0 Å². The molecule has 8 aromatic carbocycles. The lowest BCUT2D eigenvalue weighted by Gasteiger charge is -2.18. The molecule has 0 radical (unpaired) electrons. The molecule has 0 saturated heterocycles. The first-order valence-corrected chi connectivity index (χ1v) is 14.1. The fourth-order valence-electron chi connectivity index (χ4n) is 5.92. The number of furan rings is 1. The molecule has 0 N–H and O–H groups in total. The Labute approximate surface area is 284 Å². The maximum absolute atomic E-state index is 9.59. The zero-order valence-electron chi connectivity index (χ0n) is 39.3. The molecule has 0 saturated carbocycles. The molecule has 0 unspecified atom stereocenters. The molecule has 0 spiro atoms. The van der Waals surface area contributed by atoms with Crippen molar-refractivity contribution in [3.05, 3.63) is 169 Å². The van der Waals surface area contributed by atoms with Gasteiger partial charge in [0.05, 0.1) is 21.9 Å². The predicted octanol–water partition coefficient (Wildman–Crippen LogP) is 12.6. The average molecular weight is 589 g/mol. The van der Waals surface area contributed by atoms with Crippen molar-refractivity contribution in [1.82, 2.24) is 0 Å². The third-order valence-electron chi connectivity index (χ3n) is 7.90. The van der Waals surface area contributed by atoms with Gasteiger partial charge in [0.25, 0.3) is 0 Å². The van der Waals surface area contributed by atoms with Crippen LogP contribution in [0, 0.1) is 0 Å². The number of rotatable bonds is 4. The molecule has 0 aliphatic carbocycles. The van der Waals surface area contributed by atoms with Gasteiger partial charge < -0.3 is 4.42 Å². The molecule has 0 bridgehead atoms. The van der Waals surface area contributed by atoms with Gasteiger partial charge >= 0.3 is 0 Å². The molecule has 9 aromatic rings. The van der Waals surface area contributed by atoms with Crippen LogP contribution in [-0.4, -0.2) is 0 Å². The lowest BCUT2D eigenvalue weighted by Crippen LogP contribution is -1.91. The Morgan fingerprint density at radius 1 is 0.333 bits per heavy atom. The first-order valence-electron chi connectivity index (χ1n) is 22.1. The molecule has 0 atom stereocenters. The summed E-state index contributed by atoms with van der Waals surface area (Å²) < 4.78 is 144. The maximum Gasteiger partial charge on any atom is 0.136 e. The van der Waals surface area contributed by atoms with Crippen LogP contribution >= 0.6 is 0 Å². The van der Waals surface area contributed by atoms with Crippen molar-refractivity contribution in [3.8, 4) is 44.5 Å². The minimum absolute atomic E-state index is 0.0297. The summed E-state index contributed by atoms with van der Waals surface area (Å²) in [5.41, 5.74) is 1.00. The number of hydrogen-bond donors (Lipinski definition) is 0. The average Bonchev–Trinajstić information content (AvgIpc) is 3.68. The largest absolute Gasteiger partial charge is 0.456 e. The molecule has 0 amide bonds. The second-order valence-corrected chi connectivity index (χ2v) is 10.4. The second kappa shape index (κ2) is 10.4. The van der Waals surface area contributed by atoms with Gasteiger partial charge in [-0.25, -0.2) is 0 Å². The Bertz CT molecular complexity index is 3310. The van der Waals surface area contributed by atoms with Crippen molar-refractivity contribution in [3.63, 3.8) is 0 Å². The Kier molecular flexibility index (Phi) is 3.28. The minimum atomic E-state index is -0.688. The molecule has 1 aromatic heterocycles. The van der Waals surface area contributed by atoms with Crippen LogP contribution in [0.3, 0.4) is 0 Å². The van der Waals surface area contributed by atoms with Gasteiger partial charge in [0.1, 0.15) is 11.2 Å². The lowest BCUT2D eigenvalue weighted by atomic mass is 9.85. The van der Waals surface area contributed by atoms with E-state index in [0.717, 1.165) is 11.1 Å². The molecule has 0 aliphatic heterocycles. The SMILES string of the molecule is [2H]c1c([2H])c([2H])c(-c2ccc(-c3c4ccccc4c(-c4c([2H])c([2H])c5c(oc6c([2H])c(-c7c([2H])c([2H])c([2H])c([2H])c7[2H])c([2H])c([2H])c65)c4[2H])c4ccccc34)cc2)c([2H])c1[2H]. The molecule has 0 aliphatic rings. The zero-order valence-corrected chi connectivity index (χ0v) is 23.3. The highest BCUT2D eigenvalue weighted by Gasteiger charge is 2.18. The second-order valence-electron chi connectivity index (χ2n) is 10.4. The van der Waals surface area contributed by atoms with Gasteiger partial charge in [-0.1, -0.05) is 145 Å². The predicted molar refractivity (Wildman–Crippen MR) is 190 cm³/mol. The van der Waals surface area contributed by atoms with E-state index >= 15 is 0 Å². The summed E-state index contributed by atoms with van der Waals surface area (Å²) in [6.45, 7) is 0. The van der Waals surface area contributed by atoms with E-state index in [1.807, 2.05) is 36.4 Å². The third kappa shape index (κ3) is 4.24. The summed E-state index contributed by atoms with van der Waals surface area (Å²) in [7, 11) is 0. The van der Waals surface area contributed by atoms with Gasteiger partial charge in [-0.3, -0.25) is 0 Å². The van der Waals surface area contributed by atoms with Gasteiger partial charge in [-0.15, -0.1) is 0 Å². The summed E-state index contributed by atoms with van der Waals surface area (Å²) >= 11 is 0. The van der Waals surface area contributed by atoms with E-state index in [0.29, 0.717) is 32.7 Å². The molecule has 0 fully saturated rings. The van der Waals surface area contributed by atoms with E-state index in [1.165, 1.54) is 0 Å². The van der Waals surface area contributed by atoms with Gasteiger partial charge in [0.15, 0.2) is 0 Å². The molecule has 45 heavy (non-hydrogen) atoms. The first kappa shape index (κ1) is 14.2. The van der Waals surface area contributed by atoms with E-state index < -0.39 is 83.6 Å². The van der Waals surface area contributed by atoms with Crippen LogP contribution in [0.2, 0.25) is 0 Å². The Morgan fingerprint density at radius 2 is 0.756 bits per heavy atom. The number of fused-ring (bicyclic) bond motifs is 5. The van der Waals surface area contributed by atoms with Crippen molar-refractivity contribution >= 4 is 43.5 Å². The van der Waals surface area contributed by atoms with Gasteiger partial charge in [0, 0.05) is 10.8 Å². The topological polar surface area (TPSA) is 13.1 Å². The highest BCUT2D eigenvalue weighted by molar-refractivity contribution is 6.22. The van der Waals surface area contributed by atoms with Crippen LogP contribution in [0.1, 0.15) is 21.9 Å². The van der Waals surface area contributed by atoms with Crippen LogP contribution in [0.15, 0.2) is 174 Å².